The Hall–Kier alpha value is -8.00. The lowest BCUT2D eigenvalue weighted by Gasteiger charge is -2.32. The zero-order chi connectivity index (χ0) is 41.6. The van der Waals surface area contributed by atoms with E-state index in [0.717, 1.165) is 40.2 Å². The summed E-state index contributed by atoms with van der Waals surface area (Å²) in [5.41, 5.74) is 24.4. The van der Waals surface area contributed by atoms with E-state index in [2.05, 4.69) is 236 Å². The fourth-order valence-corrected chi connectivity index (χ4v) is 11.3. The molecule has 4 aliphatic carbocycles. The molecule has 1 spiro atoms. The van der Waals surface area contributed by atoms with Gasteiger partial charge in [-0.3, -0.25) is 0 Å². The fourth-order valence-electron chi connectivity index (χ4n) is 11.3. The lowest BCUT2D eigenvalue weighted by Crippen LogP contribution is -2.26. The predicted octanol–water partition coefficient (Wildman–Crippen LogP) is 16.1. The highest BCUT2D eigenvalue weighted by Gasteiger charge is 2.51. The molecule has 13 rings (SSSR count). The van der Waals surface area contributed by atoms with Gasteiger partial charge in [0.1, 0.15) is 0 Å². The van der Waals surface area contributed by atoms with Crippen LogP contribution in [-0.2, 0) is 11.8 Å². The lowest BCUT2D eigenvalue weighted by atomic mass is 9.70. The second-order valence-corrected chi connectivity index (χ2v) is 17.3. The number of allylic oxidation sites excluding steroid dienone is 6. The summed E-state index contributed by atoms with van der Waals surface area (Å²) in [5, 5.41) is 2.61. The van der Waals surface area contributed by atoms with Crippen molar-refractivity contribution in [3.05, 3.63) is 270 Å². The first kappa shape index (κ1) is 35.7. The van der Waals surface area contributed by atoms with Crippen LogP contribution in [-0.4, -0.2) is 0 Å². The van der Waals surface area contributed by atoms with Gasteiger partial charge < -0.3 is 4.90 Å². The zero-order valence-corrected chi connectivity index (χ0v) is 34.7. The average molecular weight is 800 g/mol. The number of rotatable bonds is 4. The van der Waals surface area contributed by atoms with Crippen molar-refractivity contribution in [2.75, 3.05) is 4.90 Å². The van der Waals surface area contributed by atoms with Gasteiger partial charge in [-0.1, -0.05) is 189 Å². The lowest BCUT2D eigenvalue weighted by molar-refractivity contribution is 0.793. The molecule has 1 nitrogen and oxygen atoms in total. The van der Waals surface area contributed by atoms with Crippen LogP contribution >= 0.6 is 0 Å². The van der Waals surface area contributed by atoms with Crippen LogP contribution in [0.1, 0.15) is 38.9 Å². The topological polar surface area (TPSA) is 3.24 Å². The van der Waals surface area contributed by atoms with Crippen molar-refractivity contribution < 1.29 is 0 Å². The number of fused-ring (bicyclic) bond motifs is 14. The van der Waals surface area contributed by atoms with Crippen molar-refractivity contribution in [3.63, 3.8) is 0 Å². The highest BCUT2D eigenvalue weighted by molar-refractivity contribution is 6.15. The maximum atomic E-state index is 4.47. The van der Waals surface area contributed by atoms with E-state index in [4.69, 9.17) is 0 Å². The summed E-state index contributed by atoms with van der Waals surface area (Å²) in [6.45, 7) is 4.47. The van der Waals surface area contributed by atoms with Gasteiger partial charge in [0, 0.05) is 17.1 Å². The van der Waals surface area contributed by atoms with Crippen LogP contribution in [0.15, 0.2) is 231 Å². The Morgan fingerprint density at radius 3 is 1.71 bits per heavy atom. The van der Waals surface area contributed by atoms with Crippen molar-refractivity contribution in [2.24, 2.45) is 0 Å². The quantitative estimate of drug-likeness (QED) is 0.171. The van der Waals surface area contributed by atoms with Gasteiger partial charge in [-0.2, -0.15) is 0 Å². The monoisotopic (exact) mass is 799 g/mol. The van der Waals surface area contributed by atoms with E-state index in [1.54, 1.807) is 0 Å². The van der Waals surface area contributed by atoms with Gasteiger partial charge in [0.2, 0.25) is 0 Å². The molecular weight excluding hydrogens is 759 g/mol. The van der Waals surface area contributed by atoms with Crippen molar-refractivity contribution in [1.29, 1.82) is 0 Å². The van der Waals surface area contributed by atoms with E-state index in [0.29, 0.717) is 0 Å². The number of hydrogen-bond donors (Lipinski definition) is 0. The molecular formula is C62H41N. The van der Waals surface area contributed by atoms with Crippen LogP contribution in [0.4, 0.5) is 17.1 Å². The summed E-state index contributed by atoms with van der Waals surface area (Å²) >= 11 is 0. The van der Waals surface area contributed by atoms with Crippen LogP contribution in [0.2, 0.25) is 0 Å². The molecule has 0 bridgehead atoms. The molecule has 0 fully saturated rings. The van der Waals surface area contributed by atoms with Gasteiger partial charge in [-0.05, 0) is 154 Å². The predicted molar refractivity (Wildman–Crippen MR) is 265 cm³/mol. The molecule has 0 N–H and O–H groups in total. The first-order chi connectivity index (χ1) is 31.1. The normalized spacial score (nSPS) is 16.3. The van der Waals surface area contributed by atoms with Crippen molar-refractivity contribution in [2.45, 2.75) is 11.8 Å². The molecule has 0 radical (unpaired) electrons. The maximum Gasteiger partial charge on any atom is 0.0726 e. The summed E-state index contributed by atoms with van der Waals surface area (Å²) in [6.07, 6.45) is 11.9. The van der Waals surface area contributed by atoms with Gasteiger partial charge >= 0.3 is 0 Å². The molecule has 0 aliphatic heterocycles. The molecule has 1 heteroatoms. The minimum atomic E-state index is -0.448. The third-order valence-electron chi connectivity index (χ3n) is 13.9. The SMILES string of the molecule is C=C1/C=C\c2ccccc2C/C=C\C(c2cccc(N(c3ccc4c(c3)-c3cccc5cccc-4c35)c3ccc4c(c3)C3(c5ccccc5-c5ccccc53)c3ccccc3-4)c2)=C/1. The summed E-state index contributed by atoms with van der Waals surface area (Å²) < 4.78 is 0. The fraction of sp³-hybridized carbons (Fsp3) is 0.0323. The number of hydrogen-bond acceptors (Lipinski definition) is 1. The van der Waals surface area contributed by atoms with Gasteiger partial charge in [-0.25, -0.2) is 0 Å². The second-order valence-electron chi connectivity index (χ2n) is 17.3. The largest absolute Gasteiger partial charge is 0.310 e. The van der Waals surface area contributed by atoms with Crippen molar-refractivity contribution >= 4 is 39.5 Å². The Labute approximate surface area is 368 Å². The number of anilines is 3. The van der Waals surface area contributed by atoms with Crippen LogP contribution < -0.4 is 4.90 Å². The van der Waals surface area contributed by atoms with Crippen molar-refractivity contribution in [3.8, 4) is 44.5 Å². The Kier molecular flexibility index (Phi) is 7.80. The third kappa shape index (κ3) is 5.24. The minimum absolute atomic E-state index is 0.448. The van der Waals surface area contributed by atoms with E-state index in [1.807, 2.05) is 0 Å². The second kappa shape index (κ2) is 13.8. The summed E-state index contributed by atoms with van der Waals surface area (Å²) in [7, 11) is 0. The van der Waals surface area contributed by atoms with Gasteiger partial charge in [-0.15, -0.1) is 0 Å². The molecule has 4 aliphatic rings. The Morgan fingerprint density at radius 2 is 0.984 bits per heavy atom. The van der Waals surface area contributed by atoms with E-state index >= 15 is 0 Å². The molecule has 0 atom stereocenters. The van der Waals surface area contributed by atoms with Crippen LogP contribution in [0.25, 0.3) is 66.9 Å². The van der Waals surface area contributed by atoms with Crippen LogP contribution in [0, 0.1) is 0 Å². The molecule has 63 heavy (non-hydrogen) atoms. The Morgan fingerprint density at radius 1 is 0.413 bits per heavy atom. The van der Waals surface area contributed by atoms with Crippen LogP contribution in [0.5, 0.6) is 0 Å². The average Bonchev–Trinajstić information content (AvgIpc) is 3.93. The first-order valence-corrected chi connectivity index (χ1v) is 22.0. The number of benzene rings is 9. The molecule has 0 saturated carbocycles. The Balaban J connectivity index is 1.02. The third-order valence-corrected chi connectivity index (χ3v) is 13.9. The first-order valence-electron chi connectivity index (χ1n) is 22.0. The van der Waals surface area contributed by atoms with E-state index in [1.165, 1.54) is 88.7 Å². The highest BCUT2D eigenvalue weighted by atomic mass is 15.1. The number of nitrogens with zero attached hydrogens (tertiary/aromatic N) is 1. The zero-order valence-electron chi connectivity index (χ0n) is 34.7. The highest BCUT2D eigenvalue weighted by Crippen LogP contribution is 2.63. The maximum absolute atomic E-state index is 4.47. The van der Waals surface area contributed by atoms with E-state index in [9.17, 15) is 0 Å². The van der Waals surface area contributed by atoms with Gasteiger partial charge in [0.15, 0.2) is 0 Å². The summed E-state index contributed by atoms with van der Waals surface area (Å²) in [5.74, 6) is 0. The van der Waals surface area contributed by atoms with Gasteiger partial charge in [0.05, 0.1) is 5.41 Å². The molecule has 0 aromatic heterocycles. The molecule has 9 aromatic rings. The molecule has 0 heterocycles. The summed E-state index contributed by atoms with van der Waals surface area (Å²) in [6, 6.07) is 72.6. The van der Waals surface area contributed by atoms with Crippen molar-refractivity contribution in [1.82, 2.24) is 0 Å². The van der Waals surface area contributed by atoms with E-state index < -0.39 is 5.41 Å². The van der Waals surface area contributed by atoms with Gasteiger partial charge in [0.25, 0.3) is 0 Å². The standard InChI is InChI=1S/C62H41N/c1-40-30-31-42-15-3-2-14-41(42)16-10-19-44(36-40)45-20-11-21-46(37-45)63(47-32-34-49-54-25-12-17-43-18-13-26-55(61(43)54)56(49)38-47)48-33-35-53-52-24-6-9-29-59(52)62(60(53)39-48)57-27-7-4-22-50(57)51-23-5-8-28-58(51)62/h2-15,17-39H,1,16H2/b19-10-,31-30-,44-36+. The molecule has 9 aromatic carbocycles. The summed E-state index contributed by atoms with van der Waals surface area (Å²) in [4.78, 5) is 2.48. The molecule has 294 valence electrons. The minimum Gasteiger partial charge on any atom is -0.310 e. The molecule has 0 saturated heterocycles. The molecule has 0 amide bonds. The van der Waals surface area contributed by atoms with E-state index in [-0.39, 0.29) is 0 Å². The molecule has 0 unspecified atom stereocenters. The van der Waals surface area contributed by atoms with Crippen LogP contribution in [0.3, 0.4) is 0 Å². The Bertz CT molecular complexity index is 3450. The smallest absolute Gasteiger partial charge is 0.0726 e.